The Kier molecular flexibility index (Phi) is 5.42. The van der Waals surface area contributed by atoms with Gasteiger partial charge in [-0.05, 0) is 45.7 Å². The summed E-state index contributed by atoms with van der Waals surface area (Å²) in [7, 11) is 0. The second-order valence-corrected chi connectivity index (χ2v) is 5.94. The molecular formula is C15H28N2O. The molecule has 3 heteroatoms. The minimum Gasteiger partial charge on any atom is -0.465 e. The third-order valence-corrected chi connectivity index (χ3v) is 3.15. The van der Waals surface area contributed by atoms with Crippen molar-refractivity contribution in [3.8, 4) is 0 Å². The molecule has 2 N–H and O–H groups in total. The summed E-state index contributed by atoms with van der Waals surface area (Å²) in [4.78, 5) is 2.44. The van der Waals surface area contributed by atoms with Crippen LogP contribution in [0.4, 0.5) is 0 Å². The first kappa shape index (κ1) is 15.3. The number of nitrogens with zero attached hydrogens (tertiary/aromatic N) is 1. The van der Waals surface area contributed by atoms with Crippen LogP contribution < -0.4 is 5.73 Å². The van der Waals surface area contributed by atoms with E-state index in [1.54, 1.807) is 0 Å². The quantitative estimate of drug-likeness (QED) is 0.844. The summed E-state index contributed by atoms with van der Waals surface area (Å²) >= 11 is 0. The van der Waals surface area contributed by atoms with E-state index in [4.69, 9.17) is 10.2 Å². The van der Waals surface area contributed by atoms with Gasteiger partial charge in [0, 0.05) is 18.6 Å². The predicted molar refractivity (Wildman–Crippen MR) is 76.5 cm³/mol. The lowest BCUT2D eigenvalue weighted by atomic mass is 10.0. The molecule has 1 aromatic rings. The van der Waals surface area contributed by atoms with Gasteiger partial charge < -0.3 is 10.2 Å². The van der Waals surface area contributed by atoms with Crippen LogP contribution in [-0.4, -0.2) is 23.5 Å². The van der Waals surface area contributed by atoms with Crippen molar-refractivity contribution in [1.82, 2.24) is 4.90 Å². The van der Waals surface area contributed by atoms with E-state index in [9.17, 15) is 0 Å². The second-order valence-electron chi connectivity index (χ2n) is 5.94. The molecule has 1 aromatic heterocycles. The molecule has 0 fully saturated rings. The van der Waals surface area contributed by atoms with Gasteiger partial charge in [0.15, 0.2) is 0 Å². The third-order valence-electron chi connectivity index (χ3n) is 3.15. The largest absolute Gasteiger partial charge is 0.465 e. The SMILES string of the molecule is Cc1ccc(C(C(C)N)N(CC(C)C)C(C)C)o1. The standard InChI is InChI=1S/C15H28N2O/c1-10(2)9-17(11(3)4)15(13(6)16)14-8-7-12(5)18-14/h7-8,10-11,13,15H,9,16H2,1-6H3. The molecule has 0 aromatic carbocycles. The van der Waals surface area contributed by atoms with E-state index in [-0.39, 0.29) is 12.1 Å². The minimum absolute atomic E-state index is 0.0525. The average Bonchev–Trinajstić information content (AvgIpc) is 2.62. The summed E-state index contributed by atoms with van der Waals surface area (Å²) in [6.07, 6.45) is 0. The molecular weight excluding hydrogens is 224 g/mol. The first-order valence-corrected chi connectivity index (χ1v) is 6.90. The molecule has 104 valence electrons. The van der Waals surface area contributed by atoms with Gasteiger partial charge in [-0.1, -0.05) is 13.8 Å². The van der Waals surface area contributed by atoms with Gasteiger partial charge in [0.2, 0.25) is 0 Å². The molecule has 0 spiro atoms. The van der Waals surface area contributed by atoms with Crippen LogP contribution in [-0.2, 0) is 0 Å². The fraction of sp³-hybridized carbons (Fsp3) is 0.733. The van der Waals surface area contributed by atoms with E-state index < -0.39 is 0 Å². The van der Waals surface area contributed by atoms with E-state index in [0.717, 1.165) is 18.1 Å². The van der Waals surface area contributed by atoms with Gasteiger partial charge >= 0.3 is 0 Å². The summed E-state index contributed by atoms with van der Waals surface area (Å²) in [5.41, 5.74) is 6.19. The fourth-order valence-electron chi connectivity index (χ4n) is 2.40. The summed E-state index contributed by atoms with van der Waals surface area (Å²) in [6, 6.07) is 4.73. The first-order chi connectivity index (χ1) is 8.32. The van der Waals surface area contributed by atoms with E-state index >= 15 is 0 Å². The van der Waals surface area contributed by atoms with Crippen LogP contribution in [0, 0.1) is 12.8 Å². The lowest BCUT2D eigenvalue weighted by molar-refractivity contribution is 0.103. The second kappa shape index (κ2) is 6.39. The molecule has 2 atom stereocenters. The highest BCUT2D eigenvalue weighted by Gasteiger charge is 2.29. The lowest BCUT2D eigenvalue weighted by Crippen LogP contribution is -2.44. The maximum atomic E-state index is 6.19. The molecule has 1 rings (SSSR count). The van der Waals surface area contributed by atoms with Crippen LogP contribution in [0.1, 0.15) is 52.2 Å². The molecule has 0 bridgehead atoms. The van der Waals surface area contributed by atoms with E-state index in [1.807, 2.05) is 13.0 Å². The number of hydrogen-bond donors (Lipinski definition) is 1. The predicted octanol–water partition coefficient (Wildman–Crippen LogP) is 3.34. The number of aryl methyl sites for hydroxylation is 1. The maximum Gasteiger partial charge on any atom is 0.122 e. The van der Waals surface area contributed by atoms with Crippen molar-refractivity contribution in [2.75, 3.05) is 6.54 Å². The third kappa shape index (κ3) is 3.85. The van der Waals surface area contributed by atoms with Crippen molar-refractivity contribution in [2.45, 2.75) is 59.7 Å². The molecule has 0 radical (unpaired) electrons. The van der Waals surface area contributed by atoms with E-state index in [2.05, 4.69) is 45.6 Å². The molecule has 3 nitrogen and oxygen atoms in total. The molecule has 0 amide bonds. The summed E-state index contributed by atoms with van der Waals surface area (Å²) in [6.45, 7) is 14.0. The normalized spacial score (nSPS) is 15.7. The lowest BCUT2D eigenvalue weighted by Gasteiger charge is -2.37. The van der Waals surface area contributed by atoms with Crippen molar-refractivity contribution in [3.05, 3.63) is 23.7 Å². The Hall–Kier alpha value is -0.800. The van der Waals surface area contributed by atoms with Gasteiger partial charge in [-0.25, -0.2) is 0 Å². The fourth-order valence-corrected chi connectivity index (χ4v) is 2.40. The number of furan rings is 1. The molecule has 0 aliphatic heterocycles. The van der Waals surface area contributed by atoms with Gasteiger partial charge in [0.1, 0.15) is 11.5 Å². The number of hydrogen-bond acceptors (Lipinski definition) is 3. The average molecular weight is 252 g/mol. The molecule has 0 aliphatic rings. The molecule has 1 heterocycles. The smallest absolute Gasteiger partial charge is 0.122 e. The molecule has 0 saturated heterocycles. The molecule has 18 heavy (non-hydrogen) atoms. The van der Waals surface area contributed by atoms with Crippen molar-refractivity contribution in [2.24, 2.45) is 11.7 Å². The molecule has 0 saturated carbocycles. The van der Waals surface area contributed by atoms with Crippen molar-refractivity contribution >= 4 is 0 Å². The highest BCUT2D eigenvalue weighted by molar-refractivity contribution is 5.12. The topological polar surface area (TPSA) is 42.4 Å². The highest BCUT2D eigenvalue weighted by Crippen LogP contribution is 2.28. The number of nitrogens with two attached hydrogens (primary N) is 1. The zero-order valence-corrected chi connectivity index (χ0v) is 12.6. The Labute approximate surface area is 111 Å². The van der Waals surface area contributed by atoms with Gasteiger partial charge in [0.05, 0.1) is 6.04 Å². The minimum atomic E-state index is 0.0525. The van der Waals surface area contributed by atoms with Gasteiger partial charge in [0.25, 0.3) is 0 Å². The van der Waals surface area contributed by atoms with Crippen molar-refractivity contribution < 1.29 is 4.42 Å². The Bertz CT molecular complexity index is 355. The van der Waals surface area contributed by atoms with Crippen molar-refractivity contribution in [3.63, 3.8) is 0 Å². The Morgan fingerprint density at radius 2 is 1.78 bits per heavy atom. The summed E-state index contributed by atoms with van der Waals surface area (Å²) < 4.78 is 5.80. The van der Waals surface area contributed by atoms with Crippen LogP contribution in [0.15, 0.2) is 16.5 Å². The first-order valence-electron chi connectivity index (χ1n) is 6.90. The number of rotatable bonds is 6. The van der Waals surface area contributed by atoms with Crippen LogP contribution in [0.2, 0.25) is 0 Å². The van der Waals surface area contributed by atoms with Crippen molar-refractivity contribution in [1.29, 1.82) is 0 Å². The van der Waals surface area contributed by atoms with Gasteiger partial charge in [-0.15, -0.1) is 0 Å². The van der Waals surface area contributed by atoms with Crippen LogP contribution in [0.3, 0.4) is 0 Å². The zero-order chi connectivity index (χ0) is 13.9. The highest BCUT2D eigenvalue weighted by atomic mass is 16.3. The van der Waals surface area contributed by atoms with Gasteiger partial charge in [-0.2, -0.15) is 0 Å². The van der Waals surface area contributed by atoms with Crippen LogP contribution in [0.5, 0.6) is 0 Å². The molecule has 0 aliphatic carbocycles. The van der Waals surface area contributed by atoms with E-state index in [1.165, 1.54) is 0 Å². The van der Waals surface area contributed by atoms with Crippen LogP contribution >= 0.6 is 0 Å². The zero-order valence-electron chi connectivity index (χ0n) is 12.6. The Morgan fingerprint density at radius 3 is 2.11 bits per heavy atom. The van der Waals surface area contributed by atoms with Gasteiger partial charge in [-0.3, -0.25) is 4.90 Å². The summed E-state index contributed by atoms with van der Waals surface area (Å²) in [5.74, 6) is 2.55. The Balaban J connectivity index is 3.01. The maximum absolute atomic E-state index is 6.19. The molecule has 2 unspecified atom stereocenters. The Morgan fingerprint density at radius 1 is 1.17 bits per heavy atom. The monoisotopic (exact) mass is 252 g/mol. The van der Waals surface area contributed by atoms with Crippen LogP contribution in [0.25, 0.3) is 0 Å². The summed E-state index contributed by atoms with van der Waals surface area (Å²) in [5, 5.41) is 0. The van der Waals surface area contributed by atoms with E-state index in [0.29, 0.717) is 12.0 Å².